The Balaban J connectivity index is 2.95. The van der Waals surface area contributed by atoms with Crippen molar-refractivity contribution in [1.29, 1.82) is 0 Å². The van der Waals surface area contributed by atoms with Gasteiger partial charge in [-0.15, -0.1) is 11.6 Å². The Hall–Kier alpha value is 0.470. The molecule has 0 saturated heterocycles. The van der Waals surface area contributed by atoms with Crippen LogP contribution in [0.2, 0.25) is 0 Å². The third-order valence-electron chi connectivity index (χ3n) is 1.61. The summed E-state index contributed by atoms with van der Waals surface area (Å²) in [5, 5.41) is 0.336. The van der Waals surface area contributed by atoms with Crippen LogP contribution >= 0.6 is 30.8 Å². The minimum absolute atomic E-state index is 0.148. The second-order valence-corrected chi connectivity index (χ2v) is 5.22. The van der Waals surface area contributed by atoms with Crippen molar-refractivity contribution in [3.05, 3.63) is 10.8 Å². The molecule has 0 saturated carbocycles. The van der Waals surface area contributed by atoms with Gasteiger partial charge in [0.1, 0.15) is 5.60 Å². The van der Waals surface area contributed by atoms with Crippen molar-refractivity contribution >= 4 is 30.8 Å². The van der Waals surface area contributed by atoms with Crippen molar-refractivity contribution in [2.24, 2.45) is 0 Å². The van der Waals surface area contributed by atoms with Crippen molar-refractivity contribution in [3.63, 3.8) is 0 Å². The summed E-state index contributed by atoms with van der Waals surface area (Å²) in [5.41, 5.74) is -0.866. The molecule has 0 N–H and O–H groups in total. The molecule has 2 unspecified atom stereocenters. The summed E-state index contributed by atoms with van der Waals surface area (Å²) in [6.45, 7) is 1.66. The predicted octanol–water partition coefficient (Wildman–Crippen LogP) is 2.93. The maximum Gasteiger partial charge on any atom is 0.356 e. The third-order valence-corrected chi connectivity index (χ3v) is 4.53. The molecule has 1 aliphatic rings. The van der Waals surface area contributed by atoms with Crippen LogP contribution in [0.15, 0.2) is 10.8 Å². The van der Waals surface area contributed by atoms with Crippen LogP contribution in [0.4, 0.5) is 0 Å². The van der Waals surface area contributed by atoms with Crippen LogP contribution in [-0.4, -0.2) is 18.6 Å². The molecule has 0 bridgehead atoms. The zero-order chi connectivity index (χ0) is 9.41. The zero-order valence-electron chi connectivity index (χ0n) is 6.71. The molecule has 12 heavy (non-hydrogen) atoms. The number of rotatable bonds is 2. The van der Waals surface area contributed by atoms with Crippen molar-refractivity contribution in [3.8, 4) is 0 Å². The van der Waals surface area contributed by atoms with E-state index in [1.807, 2.05) is 0 Å². The third kappa shape index (κ3) is 1.70. The van der Waals surface area contributed by atoms with Gasteiger partial charge in [-0.25, -0.2) is 0 Å². The summed E-state index contributed by atoms with van der Waals surface area (Å²) in [4.78, 5) is 0. The highest BCUT2D eigenvalue weighted by atomic mass is 35.5. The van der Waals surface area contributed by atoms with E-state index in [0.29, 0.717) is 5.03 Å². The molecule has 0 radical (unpaired) electrons. The van der Waals surface area contributed by atoms with E-state index >= 15 is 0 Å². The first-order valence-electron chi connectivity index (χ1n) is 3.27. The van der Waals surface area contributed by atoms with E-state index in [1.54, 1.807) is 6.92 Å². The van der Waals surface area contributed by atoms with Crippen LogP contribution in [0, 0.1) is 0 Å². The maximum atomic E-state index is 11.5. The zero-order valence-corrected chi connectivity index (χ0v) is 9.12. The number of alkyl halides is 1. The van der Waals surface area contributed by atoms with E-state index in [9.17, 15) is 4.57 Å². The highest BCUT2D eigenvalue weighted by Gasteiger charge is 2.44. The quantitative estimate of drug-likeness (QED) is 0.541. The fraction of sp³-hybridized carbons (Fsp3) is 0.667. The first-order chi connectivity index (χ1) is 5.46. The Labute approximate surface area is 81.2 Å². The van der Waals surface area contributed by atoms with Crippen LogP contribution in [0.25, 0.3) is 0 Å². The monoisotopic (exact) mass is 230 g/mol. The predicted molar refractivity (Wildman–Crippen MR) is 48.8 cm³/mol. The normalized spacial score (nSPS) is 41.5. The second kappa shape index (κ2) is 3.32. The van der Waals surface area contributed by atoms with Gasteiger partial charge in [-0.3, -0.25) is 9.09 Å². The lowest BCUT2D eigenvalue weighted by Crippen LogP contribution is -2.26. The Morgan fingerprint density at radius 1 is 1.83 bits per heavy atom. The van der Waals surface area contributed by atoms with E-state index in [2.05, 4.69) is 4.52 Å². The first kappa shape index (κ1) is 10.6. The Kier molecular flexibility index (Phi) is 2.92. The van der Waals surface area contributed by atoms with Crippen molar-refractivity contribution in [2.75, 3.05) is 13.0 Å². The van der Waals surface area contributed by atoms with Crippen LogP contribution in [0.3, 0.4) is 0 Å². The number of hydrogen-bond acceptors (Lipinski definition) is 3. The number of hydrogen-bond donors (Lipinski definition) is 0. The van der Waals surface area contributed by atoms with E-state index < -0.39 is 13.2 Å². The SMILES string of the molecule is COP1(=O)C=C(Cl)C(C)(CCl)O1. The summed E-state index contributed by atoms with van der Waals surface area (Å²) in [7, 11) is -1.82. The van der Waals surface area contributed by atoms with Gasteiger partial charge in [-0.2, -0.15) is 0 Å². The second-order valence-electron chi connectivity index (χ2n) is 2.66. The van der Waals surface area contributed by atoms with Gasteiger partial charge in [0.25, 0.3) is 0 Å². The smallest absolute Gasteiger partial charge is 0.309 e. The van der Waals surface area contributed by atoms with Gasteiger partial charge in [0, 0.05) is 12.9 Å². The fourth-order valence-electron chi connectivity index (χ4n) is 0.804. The highest BCUT2D eigenvalue weighted by Crippen LogP contribution is 2.61. The summed E-state index contributed by atoms with van der Waals surface area (Å²) in [6, 6.07) is 0. The van der Waals surface area contributed by atoms with Crippen LogP contribution in [0.5, 0.6) is 0 Å². The maximum absolute atomic E-state index is 11.5. The minimum Gasteiger partial charge on any atom is -0.309 e. The molecule has 70 valence electrons. The molecule has 1 rings (SSSR count). The van der Waals surface area contributed by atoms with Gasteiger partial charge < -0.3 is 4.52 Å². The summed E-state index contributed by atoms with van der Waals surface area (Å²) >= 11 is 11.4. The van der Waals surface area contributed by atoms with Gasteiger partial charge >= 0.3 is 7.60 Å². The van der Waals surface area contributed by atoms with Crippen LogP contribution < -0.4 is 0 Å². The summed E-state index contributed by atoms with van der Waals surface area (Å²) < 4.78 is 21.3. The van der Waals surface area contributed by atoms with E-state index in [0.717, 1.165) is 0 Å². The molecule has 1 aliphatic heterocycles. The molecule has 6 heteroatoms. The average molecular weight is 231 g/mol. The Morgan fingerprint density at radius 3 is 2.67 bits per heavy atom. The van der Waals surface area contributed by atoms with Gasteiger partial charge in [-0.1, -0.05) is 11.6 Å². The first-order valence-corrected chi connectivity index (χ1v) is 5.79. The highest BCUT2D eigenvalue weighted by molar-refractivity contribution is 7.57. The minimum atomic E-state index is -3.12. The van der Waals surface area contributed by atoms with Crippen LogP contribution in [-0.2, 0) is 13.6 Å². The topological polar surface area (TPSA) is 35.5 Å². The summed E-state index contributed by atoms with van der Waals surface area (Å²) in [6.07, 6.45) is 0. The summed E-state index contributed by atoms with van der Waals surface area (Å²) in [5.74, 6) is 1.44. The van der Waals surface area contributed by atoms with E-state index in [-0.39, 0.29) is 5.88 Å². The largest absolute Gasteiger partial charge is 0.356 e. The molecule has 3 nitrogen and oxygen atoms in total. The molecule has 2 atom stereocenters. The van der Waals surface area contributed by atoms with Gasteiger partial charge in [0.15, 0.2) is 0 Å². The van der Waals surface area contributed by atoms with Gasteiger partial charge in [0.05, 0.1) is 10.9 Å². The molecule has 0 fully saturated rings. The molecule has 0 aromatic heterocycles. The standard InChI is InChI=1S/C6H9Cl2O3P/c1-6(4-7)5(8)3-12(9,10-2)11-6/h3H,4H2,1-2H3. The fourth-order valence-corrected chi connectivity index (χ4v) is 3.17. The Bertz CT molecular complexity index is 266. The number of halogens is 2. The molecular formula is C6H9Cl2O3P. The lowest BCUT2D eigenvalue weighted by Gasteiger charge is -2.21. The van der Waals surface area contributed by atoms with Crippen LogP contribution in [0.1, 0.15) is 6.92 Å². The molecule has 0 aromatic carbocycles. The molecule has 0 amide bonds. The molecule has 0 aliphatic carbocycles. The van der Waals surface area contributed by atoms with Crippen molar-refractivity contribution in [2.45, 2.75) is 12.5 Å². The lowest BCUT2D eigenvalue weighted by molar-refractivity contribution is 0.144. The molecule has 0 spiro atoms. The van der Waals surface area contributed by atoms with E-state index in [1.165, 1.54) is 12.9 Å². The van der Waals surface area contributed by atoms with Gasteiger partial charge in [0.2, 0.25) is 0 Å². The van der Waals surface area contributed by atoms with E-state index in [4.69, 9.17) is 27.7 Å². The van der Waals surface area contributed by atoms with Crippen molar-refractivity contribution < 1.29 is 13.6 Å². The molecular weight excluding hydrogens is 222 g/mol. The Morgan fingerprint density at radius 2 is 2.42 bits per heavy atom. The van der Waals surface area contributed by atoms with Crippen molar-refractivity contribution in [1.82, 2.24) is 0 Å². The lowest BCUT2D eigenvalue weighted by atomic mass is 10.1. The average Bonchev–Trinajstić information content (AvgIpc) is 2.25. The molecule has 1 heterocycles. The van der Waals surface area contributed by atoms with Gasteiger partial charge in [-0.05, 0) is 6.92 Å². The molecule has 0 aromatic rings.